The van der Waals surface area contributed by atoms with Crippen LogP contribution < -0.4 is 0 Å². The molecule has 0 N–H and O–H groups in total. The van der Waals surface area contributed by atoms with E-state index in [1.165, 1.54) is 0 Å². The Morgan fingerprint density at radius 2 is 2.50 bits per heavy atom. The third-order valence-electron chi connectivity index (χ3n) is 3.51. The minimum Gasteiger partial charge on any atom is -0.378 e. The van der Waals surface area contributed by atoms with Crippen molar-refractivity contribution in [2.45, 2.75) is 31.9 Å². The van der Waals surface area contributed by atoms with Crippen molar-refractivity contribution in [1.82, 2.24) is 9.55 Å². The smallest absolute Gasteiger partial charge is 0.152 e. The fourth-order valence-corrected chi connectivity index (χ4v) is 2.57. The van der Waals surface area contributed by atoms with Crippen LogP contribution in [0.3, 0.4) is 0 Å². The fraction of sp³-hybridized carbons (Fsp3) is 0.429. The molecule has 18 heavy (non-hydrogen) atoms. The van der Waals surface area contributed by atoms with Gasteiger partial charge in [0.1, 0.15) is 5.65 Å². The van der Waals surface area contributed by atoms with E-state index in [0.717, 1.165) is 49.7 Å². The number of rotatable bonds is 4. The predicted molar refractivity (Wildman–Crippen MR) is 68.7 cm³/mol. The second-order valence-corrected chi connectivity index (χ2v) is 4.69. The van der Waals surface area contributed by atoms with Gasteiger partial charge in [0.05, 0.1) is 6.10 Å². The Balaban J connectivity index is 1.84. The molecular formula is C14H16N2O2. The molecule has 0 spiro atoms. The number of hydrogen-bond acceptors (Lipinski definition) is 3. The molecule has 1 unspecified atom stereocenters. The standard InChI is InChI=1S/C14H16N2O2/c17-10-11-9-16(7-5-12-3-2-8-18-12)14-13(11)4-1-6-15-14/h1,4,6,9-10,12H,2-3,5,7-8H2. The van der Waals surface area contributed by atoms with E-state index >= 15 is 0 Å². The Hall–Kier alpha value is -1.68. The molecule has 0 radical (unpaired) electrons. The first-order valence-electron chi connectivity index (χ1n) is 6.39. The van der Waals surface area contributed by atoms with Gasteiger partial charge in [-0.05, 0) is 31.4 Å². The molecule has 1 aliphatic heterocycles. The molecule has 4 heteroatoms. The number of aldehydes is 1. The first kappa shape index (κ1) is 11.4. The van der Waals surface area contributed by atoms with Gasteiger partial charge in [0.2, 0.25) is 0 Å². The number of pyridine rings is 1. The molecule has 0 bridgehead atoms. The van der Waals surface area contributed by atoms with E-state index in [1.807, 2.05) is 18.3 Å². The van der Waals surface area contributed by atoms with Crippen molar-refractivity contribution < 1.29 is 9.53 Å². The molecule has 94 valence electrons. The summed E-state index contributed by atoms with van der Waals surface area (Å²) in [6.45, 7) is 1.74. The maximum atomic E-state index is 11.0. The SMILES string of the molecule is O=Cc1cn(CCC2CCCO2)c2ncccc12. The number of hydrogen-bond donors (Lipinski definition) is 0. The number of carbonyl (C=O) groups excluding carboxylic acids is 1. The van der Waals surface area contributed by atoms with Gasteiger partial charge >= 0.3 is 0 Å². The van der Waals surface area contributed by atoms with Crippen LogP contribution in [0.15, 0.2) is 24.5 Å². The van der Waals surface area contributed by atoms with Gasteiger partial charge in [-0.3, -0.25) is 4.79 Å². The highest BCUT2D eigenvalue weighted by molar-refractivity contribution is 5.95. The van der Waals surface area contributed by atoms with E-state index in [2.05, 4.69) is 9.55 Å². The molecule has 1 fully saturated rings. The third kappa shape index (κ3) is 2.04. The third-order valence-corrected chi connectivity index (χ3v) is 3.51. The van der Waals surface area contributed by atoms with Crippen LogP contribution in [0.5, 0.6) is 0 Å². The van der Waals surface area contributed by atoms with Crippen molar-refractivity contribution in [2.75, 3.05) is 6.61 Å². The fourth-order valence-electron chi connectivity index (χ4n) is 2.57. The second kappa shape index (κ2) is 4.90. The molecule has 2 aromatic rings. The van der Waals surface area contributed by atoms with Crippen LogP contribution in [0.1, 0.15) is 29.6 Å². The van der Waals surface area contributed by atoms with Crippen molar-refractivity contribution in [3.63, 3.8) is 0 Å². The molecule has 0 aromatic carbocycles. The largest absolute Gasteiger partial charge is 0.378 e. The van der Waals surface area contributed by atoms with Gasteiger partial charge in [0, 0.05) is 36.5 Å². The van der Waals surface area contributed by atoms with E-state index in [-0.39, 0.29) is 0 Å². The van der Waals surface area contributed by atoms with Gasteiger partial charge in [-0.25, -0.2) is 4.98 Å². The molecule has 1 aliphatic rings. The lowest BCUT2D eigenvalue weighted by Crippen LogP contribution is -2.09. The van der Waals surface area contributed by atoms with Crippen molar-refractivity contribution >= 4 is 17.3 Å². The summed E-state index contributed by atoms with van der Waals surface area (Å²) in [4.78, 5) is 15.4. The molecule has 2 aromatic heterocycles. The summed E-state index contributed by atoms with van der Waals surface area (Å²) < 4.78 is 7.67. The number of nitrogens with zero attached hydrogens (tertiary/aromatic N) is 2. The molecular weight excluding hydrogens is 228 g/mol. The molecule has 0 aliphatic carbocycles. The Kier molecular flexibility index (Phi) is 3.11. The molecule has 0 saturated carbocycles. The Labute approximate surface area is 106 Å². The molecule has 3 rings (SSSR count). The van der Waals surface area contributed by atoms with E-state index in [0.29, 0.717) is 11.7 Å². The number of fused-ring (bicyclic) bond motifs is 1. The molecule has 4 nitrogen and oxygen atoms in total. The minimum absolute atomic E-state index is 0.367. The highest BCUT2D eigenvalue weighted by atomic mass is 16.5. The quantitative estimate of drug-likeness (QED) is 0.776. The first-order chi connectivity index (χ1) is 8.88. The first-order valence-corrected chi connectivity index (χ1v) is 6.39. The Morgan fingerprint density at radius 1 is 1.56 bits per heavy atom. The lowest BCUT2D eigenvalue weighted by Gasteiger charge is -2.10. The second-order valence-electron chi connectivity index (χ2n) is 4.69. The molecule has 3 heterocycles. The lowest BCUT2D eigenvalue weighted by molar-refractivity contribution is 0.101. The van der Waals surface area contributed by atoms with Crippen molar-refractivity contribution in [3.05, 3.63) is 30.1 Å². The van der Waals surface area contributed by atoms with Gasteiger partial charge in [0.25, 0.3) is 0 Å². The van der Waals surface area contributed by atoms with Crippen LogP contribution in [-0.2, 0) is 11.3 Å². The highest BCUT2D eigenvalue weighted by Gasteiger charge is 2.16. The maximum absolute atomic E-state index is 11.0. The zero-order valence-electron chi connectivity index (χ0n) is 10.2. The predicted octanol–water partition coefficient (Wildman–Crippen LogP) is 2.42. The summed E-state index contributed by atoms with van der Waals surface area (Å²) in [5, 5.41) is 0.930. The number of carbonyl (C=O) groups is 1. The average Bonchev–Trinajstić information content (AvgIpc) is 3.04. The van der Waals surface area contributed by atoms with Gasteiger partial charge < -0.3 is 9.30 Å². The number of ether oxygens (including phenoxy) is 1. The van der Waals surface area contributed by atoms with Crippen LogP contribution in [0.25, 0.3) is 11.0 Å². The van der Waals surface area contributed by atoms with E-state index < -0.39 is 0 Å². The van der Waals surface area contributed by atoms with Crippen LogP contribution in [0.4, 0.5) is 0 Å². The lowest BCUT2D eigenvalue weighted by atomic mass is 10.2. The van der Waals surface area contributed by atoms with Crippen LogP contribution >= 0.6 is 0 Å². The molecule has 0 amide bonds. The molecule has 1 saturated heterocycles. The van der Waals surface area contributed by atoms with Crippen LogP contribution in [-0.4, -0.2) is 28.5 Å². The topological polar surface area (TPSA) is 44.1 Å². The number of aryl methyl sites for hydroxylation is 1. The monoisotopic (exact) mass is 244 g/mol. The van der Waals surface area contributed by atoms with Crippen LogP contribution in [0, 0.1) is 0 Å². The normalized spacial score (nSPS) is 19.4. The summed E-state index contributed by atoms with van der Waals surface area (Å²) in [6.07, 6.45) is 8.21. The average molecular weight is 244 g/mol. The zero-order chi connectivity index (χ0) is 12.4. The van der Waals surface area contributed by atoms with Gasteiger partial charge in [-0.1, -0.05) is 0 Å². The summed E-state index contributed by atoms with van der Waals surface area (Å²) >= 11 is 0. The Bertz CT molecular complexity index is 556. The van der Waals surface area contributed by atoms with Crippen LogP contribution in [0.2, 0.25) is 0 Å². The summed E-state index contributed by atoms with van der Waals surface area (Å²) in [7, 11) is 0. The zero-order valence-corrected chi connectivity index (χ0v) is 10.2. The van der Waals surface area contributed by atoms with Gasteiger partial charge in [-0.2, -0.15) is 0 Å². The summed E-state index contributed by atoms with van der Waals surface area (Å²) in [5.74, 6) is 0. The van der Waals surface area contributed by atoms with Crippen molar-refractivity contribution in [3.8, 4) is 0 Å². The van der Waals surface area contributed by atoms with Gasteiger partial charge in [-0.15, -0.1) is 0 Å². The van der Waals surface area contributed by atoms with E-state index in [9.17, 15) is 4.79 Å². The highest BCUT2D eigenvalue weighted by Crippen LogP contribution is 2.20. The van der Waals surface area contributed by atoms with E-state index in [4.69, 9.17) is 4.74 Å². The molecule has 1 atom stereocenters. The van der Waals surface area contributed by atoms with E-state index in [1.54, 1.807) is 6.20 Å². The van der Waals surface area contributed by atoms with Gasteiger partial charge in [0.15, 0.2) is 6.29 Å². The van der Waals surface area contributed by atoms with Crippen molar-refractivity contribution in [1.29, 1.82) is 0 Å². The number of aromatic nitrogens is 2. The Morgan fingerprint density at radius 3 is 3.28 bits per heavy atom. The minimum atomic E-state index is 0.367. The summed E-state index contributed by atoms with van der Waals surface area (Å²) in [5.41, 5.74) is 1.60. The van der Waals surface area contributed by atoms with Crippen molar-refractivity contribution in [2.24, 2.45) is 0 Å². The maximum Gasteiger partial charge on any atom is 0.152 e. The summed E-state index contributed by atoms with van der Waals surface area (Å²) in [6, 6.07) is 3.80.